The summed E-state index contributed by atoms with van der Waals surface area (Å²) in [7, 11) is 0. The molecule has 2 rings (SSSR count). The first-order valence-corrected chi connectivity index (χ1v) is 8.09. The van der Waals surface area contributed by atoms with Crippen molar-refractivity contribution in [3.63, 3.8) is 0 Å². The number of carbonyl (C=O) groups is 3. The third-order valence-corrected chi connectivity index (χ3v) is 4.58. The molecule has 1 fully saturated rings. The maximum absolute atomic E-state index is 12.4. The summed E-state index contributed by atoms with van der Waals surface area (Å²) in [5, 5.41) is 9.36. The van der Waals surface area contributed by atoms with Crippen molar-refractivity contribution in [3.05, 3.63) is 29.3 Å². The number of aryl methyl sites for hydroxylation is 2. The first-order valence-electron chi connectivity index (χ1n) is 8.09. The number of likely N-dealkylation sites (tertiary alicyclic amines) is 1. The van der Waals surface area contributed by atoms with Gasteiger partial charge in [0.1, 0.15) is 6.17 Å². The van der Waals surface area contributed by atoms with Crippen molar-refractivity contribution in [1.82, 2.24) is 4.90 Å². The van der Waals surface area contributed by atoms with E-state index in [4.69, 9.17) is 0 Å². The lowest BCUT2D eigenvalue weighted by Crippen LogP contribution is -2.57. The highest BCUT2D eigenvalue weighted by molar-refractivity contribution is 5.94. The van der Waals surface area contributed by atoms with E-state index < -0.39 is 18.1 Å². The van der Waals surface area contributed by atoms with Gasteiger partial charge in [-0.1, -0.05) is 17.7 Å². The predicted octanol–water partition coefficient (Wildman–Crippen LogP) is 2.33. The van der Waals surface area contributed by atoms with Crippen molar-refractivity contribution >= 4 is 23.5 Å². The van der Waals surface area contributed by atoms with Gasteiger partial charge in [-0.25, -0.2) is 0 Å². The maximum atomic E-state index is 12.4. The molecule has 0 spiro atoms. The van der Waals surface area contributed by atoms with Crippen LogP contribution in [0.15, 0.2) is 18.2 Å². The third kappa shape index (κ3) is 3.58. The number of amides is 2. The minimum Gasteiger partial charge on any atom is -0.481 e. The Kier molecular flexibility index (Phi) is 5.26. The molecule has 1 aromatic carbocycles. The van der Waals surface area contributed by atoms with Gasteiger partial charge >= 0.3 is 5.97 Å². The molecule has 1 saturated heterocycles. The number of piperidine rings is 1. The number of hydrogen-bond donors (Lipinski definition) is 1. The molecular weight excluding hydrogens is 308 g/mol. The molecule has 2 amide bonds. The molecule has 0 radical (unpaired) electrons. The van der Waals surface area contributed by atoms with Crippen LogP contribution in [0, 0.1) is 19.8 Å². The van der Waals surface area contributed by atoms with Crippen LogP contribution in [0.5, 0.6) is 0 Å². The molecule has 0 aliphatic carbocycles. The van der Waals surface area contributed by atoms with E-state index in [1.165, 1.54) is 13.8 Å². The Hall–Kier alpha value is -2.37. The molecule has 0 aromatic heterocycles. The minimum absolute atomic E-state index is 0.153. The Bertz CT molecular complexity index is 671. The van der Waals surface area contributed by atoms with Crippen molar-refractivity contribution in [1.29, 1.82) is 0 Å². The largest absolute Gasteiger partial charge is 0.481 e. The Morgan fingerprint density at radius 1 is 1.21 bits per heavy atom. The maximum Gasteiger partial charge on any atom is 0.306 e. The van der Waals surface area contributed by atoms with Gasteiger partial charge in [-0.05, 0) is 31.9 Å². The number of carboxylic acid groups (broad SMARTS) is 1. The molecule has 130 valence electrons. The van der Waals surface area contributed by atoms with E-state index in [0.717, 1.165) is 16.8 Å². The molecular formula is C18H24N2O4. The Balaban J connectivity index is 2.47. The van der Waals surface area contributed by atoms with Gasteiger partial charge in [0, 0.05) is 32.5 Å². The summed E-state index contributed by atoms with van der Waals surface area (Å²) in [5.74, 6) is -1.80. The molecule has 1 aliphatic heterocycles. The molecule has 24 heavy (non-hydrogen) atoms. The standard InChI is InChI=1S/C18H24N2O4/c1-11-5-6-16(12(2)9-11)20(14(4)22)17-10-15(18(23)24)7-8-19(17)13(3)21/h5-6,9,15,17H,7-8,10H2,1-4H3,(H,23,24). The second-order valence-electron chi connectivity index (χ2n) is 6.43. The number of rotatable bonds is 3. The molecule has 2 atom stereocenters. The van der Waals surface area contributed by atoms with Crippen molar-refractivity contribution in [2.75, 3.05) is 11.4 Å². The molecule has 1 heterocycles. The molecule has 6 nitrogen and oxygen atoms in total. The quantitative estimate of drug-likeness (QED) is 0.921. The third-order valence-electron chi connectivity index (χ3n) is 4.58. The topological polar surface area (TPSA) is 77.9 Å². The smallest absolute Gasteiger partial charge is 0.306 e. The van der Waals surface area contributed by atoms with Gasteiger partial charge < -0.3 is 10.0 Å². The van der Waals surface area contributed by atoms with Crippen LogP contribution in [-0.2, 0) is 14.4 Å². The molecule has 1 aromatic rings. The van der Waals surface area contributed by atoms with Crippen molar-refractivity contribution in [2.45, 2.75) is 46.7 Å². The summed E-state index contributed by atoms with van der Waals surface area (Å²) in [6.07, 6.45) is 0.0718. The van der Waals surface area contributed by atoms with Crippen LogP contribution < -0.4 is 4.90 Å². The van der Waals surface area contributed by atoms with E-state index in [1.54, 1.807) is 9.80 Å². The number of carboxylic acids is 1. The summed E-state index contributed by atoms with van der Waals surface area (Å²) in [5.41, 5.74) is 2.72. The van der Waals surface area contributed by atoms with Gasteiger partial charge in [0.15, 0.2) is 0 Å². The van der Waals surface area contributed by atoms with Crippen LogP contribution in [0.3, 0.4) is 0 Å². The van der Waals surface area contributed by atoms with Crippen LogP contribution in [-0.4, -0.2) is 40.5 Å². The second kappa shape index (κ2) is 7.03. The fraction of sp³-hybridized carbons (Fsp3) is 0.500. The number of nitrogens with zero attached hydrogens (tertiary/aromatic N) is 2. The zero-order valence-electron chi connectivity index (χ0n) is 14.6. The number of benzene rings is 1. The Morgan fingerprint density at radius 3 is 2.38 bits per heavy atom. The lowest BCUT2D eigenvalue weighted by Gasteiger charge is -2.44. The lowest BCUT2D eigenvalue weighted by molar-refractivity contribution is -0.147. The van der Waals surface area contributed by atoms with Crippen molar-refractivity contribution in [2.24, 2.45) is 5.92 Å². The summed E-state index contributed by atoms with van der Waals surface area (Å²) in [4.78, 5) is 39.0. The average molecular weight is 332 g/mol. The highest BCUT2D eigenvalue weighted by atomic mass is 16.4. The number of hydrogen-bond acceptors (Lipinski definition) is 3. The summed E-state index contributed by atoms with van der Waals surface area (Å²) >= 11 is 0. The summed E-state index contributed by atoms with van der Waals surface area (Å²) in [6.45, 7) is 7.12. The van der Waals surface area contributed by atoms with E-state index >= 15 is 0 Å². The zero-order valence-corrected chi connectivity index (χ0v) is 14.6. The molecule has 0 saturated carbocycles. The second-order valence-corrected chi connectivity index (χ2v) is 6.43. The number of anilines is 1. The van der Waals surface area contributed by atoms with Crippen LogP contribution in [0.25, 0.3) is 0 Å². The molecule has 6 heteroatoms. The minimum atomic E-state index is -0.882. The monoisotopic (exact) mass is 332 g/mol. The molecule has 0 bridgehead atoms. The summed E-state index contributed by atoms with van der Waals surface area (Å²) < 4.78 is 0. The number of aliphatic carboxylic acids is 1. The first kappa shape index (κ1) is 18.0. The lowest BCUT2D eigenvalue weighted by atomic mass is 9.93. The van der Waals surface area contributed by atoms with Gasteiger partial charge in [-0.2, -0.15) is 0 Å². The predicted molar refractivity (Wildman–Crippen MR) is 90.6 cm³/mol. The normalized spacial score (nSPS) is 20.6. The first-order chi connectivity index (χ1) is 11.2. The van der Waals surface area contributed by atoms with E-state index in [2.05, 4.69) is 0 Å². The van der Waals surface area contributed by atoms with Gasteiger partial charge in [0.2, 0.25) is 11.8 Å². The van der Waals surface area contributed by atoms with Crippen LogP contribution in [0.4, 0.5) is 5.69 Å². The fourth-order valence-electron chi connectivity index (χ4n) is 3.40. The molecule has 1 aliphatic rings. The van der Waals surface area contributed by atoms with Gasteiger partial charge in [-0.15, -0.1) is 0 Å². The van der Waals surface area contributed by atoms with Gasteiger partial charge in [0.25, 0.3) is 0 Å². The van der Waals surface area contributed by atoms with E-state index in [0.29, 0.717) is 13.0 Å². The molecule has 1 N–H and O–H groups in total. The highest BCUT2D eigenvalue weighted by Gasteiger charge is 2.38. The van der Waals surface area contributed by atoms with E-state index in [1.807, 2.05) is 32.0 Å². The SMILES string of the molecule is CC(=O)N1CCC(C(=O)O)CC1N(C(C)=O)c1ccc(C)cc1C. The number of carbonyl (C=O) groups excluding carboxylic acids is 2. The Morgan fingerprint density at radius 2 is 1.88 bits per heavy atom. The van der Waals surface area contributed by atoms with E-state index in [9.17, 15) is 19.5 Å². The average Bonchev–Trinajstić information content (AvgIpc) is 2.49. The van der Waals surface area contributed by atoms with Gasteiger partial charge in [-0.3, -0.25) is 19.3 Å². The van der Waals surface area contributed by atoms with Crippen LogP contribution in [0.1, 0.15) is 37.8 Å². The van der Waals surface area contributed by atoms with Crippen LogP contribution in [0.2, 0.25) is 0 Å². The van der Waals surface area contributed by atoms with Crippen molar-refractivity contribution in [3.8, 4) is 0 Å². The highest BCUT2D eigenvalue weighted by Crippen LogP contribution is 2.31. The summed E-state index contributed by atoms with van der Waals surface area (Å²) in [6, 6.07) is 5.74. The Labute approximate surface area is 142 Å². The van der Waals surface area contributed by atoms with Crippen LogP contribution >= 0.6 is 0 Å². The fourth-order valence-corrected chi connectivity index (χ4v) is 3.40. The van der Waals surface area contributed by atoms with Crippen molar-refractivity contribution < 1.29 is 19.5 Å². The molecule has 2 unspecified atom stereocenters. The zero-order chi connectivity index (χ0) is 18.0. The van der Waals surface area contributed by atoms with E-state index in [-0.39, 0.29) is 18.2 Å². The van der Waals surface area contributed by atoms with Gasteiger partial charge in [0.05, 0.1) is 5.92 Å².